The van der Waals surface area contributed by atoms with Crippen molar-refractivity contribution in [2.45, 2.75) is 30.1 Å². The number of fused-ring (bicyclic) bond motifs is 2. The lowest BCUT2D eigenvalue weighted by Gasteiger charge is -2.32. The Kier molecular flexibility index (Phi) is 6.40. The van der Waals surface area contributed by atoms with Gasteiger partial charge in [0.15, 0.2) is 17.6 Å². The number of anilines is 2. The lowest BCUT2D eigenvalue weighted by Crippen LogP contribution is -2.56. The van der Waals surface area contributed by atoms with Crippen LogP contribution < -0.4 is 20.3 Å². The molecule has 0 aliphatic carbocycles. The molecule has 36 heavy (non-hydrogen) atoms. The Morgan fingerprint density at radius 3 is 2.64 bits per heavy atom. The van der Waals surface area contributed by atoms with E-state index in [1.54, 1.807) is 18.2 Å². The number of halogens is 4. The molecule has 2 aliphatic heterocycles. The van der Waals surface area contributed by atoms with Crippen LogP contribution in [0, 0.1) is 0 Å². The number of hydrogen-bond donors (Lipinski definition) is 1. The highest BCUT2D eigenvalue weighted by Crippen LogP contribution is 2.47. The average molecular weight is 524 g/mol. The van der Waals surface area contributed by atoms with Gasteiger partial charge in [0.1, 0.15) is 32.2 Å². The van der Waals surface area contributed by atoms with E-state index < -0.39 is 36.7 Å². The van der Waals surface area contributed by atoms with Crippen molar-refractivity contribution >= 4 is 47.3 Å². The number of hydrogen-bond acceptors (Lipinski definition) is 8. The predicted octanol–water partition coefficient (Wildman–Crippen LogP) is 2.79. The summed E-state index contributed by atoms with van der Waals surface area (Å²) in [7, 11) is 4.37. The quantitative estimate of drug-likeness (QED) is 0.494. The topological polar surface area (TPSA) is 84.0 Å². The molecular weight excluding hydrogens is 502 g/mol. The standard InChI is InChI=1S/C23H22BClF3N3O5/c1-32-16-6-12-15(29-10-30-21(12)31-11-3-4-13(24)14(25)5-11)7-17(16)36-18-8-34-20-19(18)35-9-22(20,33-2)23(26,27)28/h3-7,10,18-20H,8-9,24H2,1-2H3,(H,29,30,31)/t18-,19?,20?,22+/m1/s1. The first-order chi connectivity index (χ1) is 17.2. The Labute approximate surface area is 210 Å². The third kappa shape index (κ3) is 4.11. The van der Waals surface area contributed by atoms with Crippen molar-refractivity contribution in [3.05, 3.63) is 41.7 Å². The monoisotopic (exact) mass is 523 g/mol. The van der Waals surface area contributed by atoms with E-state index in [-0.39, 0.29) is 12.4 Å². The normalized spacial score (nSPS) is 25.7. The van der Waals surface area contributed by atoms with E-state index in [4.69, 9.17) is 35.3 Å². The van der Waals surface area contributed by atoms with Gasteiger partial charge in [-0.2, -0.15) is 13.2 Å². The second kappa shape index (κ2) is 9.26. The maximum atomic E-state index is 13.8. The SMILES string of the molecule is Bc1ccc(Nc2ncnc3cc(O[C@@H]4COC5C4OC[C@@]5(OC)C(F)(F)F)c(OC)cc23)cc1Cl. The highest BCUT2D eigenvalue weighted by molar-refractivity contribution is 6.45. The number of aromatic nitrogens is 2. The third-order valence-electron chi connectivity index (χ3n) is 6.53. The highest BCUT2D eigenvalue weighted by atomic mass is 35.5. The Balaban J connectivity index is 1.43. The van der Waals surface area contributed by atoms with Gasteiger partial charge in [-0.15, -0.1) is 0 Å². The van der Waals surface area contributed by atoms with Gasteiger partial charge in [0.05, 0.1) is 25.8 Å². The van der Waals surface area contributed by atoms with E-state index in [1.165, 1.54) is 13.4 Å². The van der Waals surface area contributed by atoms with E-state index in [2.05, 4.69) is 15.3 Å². The molecule has 0 radical (unpaired) electrons. The largest absolute Gasteiger partial charge is 0.493 e. The summed E-state index contributed by atoms with van der Waals surface area (Å²) in [6, 6.07) is 8.89. The molecule has 2 saturated heterocycles. The van der Waals surface area contributed by atoms with Gasteiger partial charge in [0.2, 0.25) is 5.60 Å². The van der Waals surface area contributed by atoms with Crippen LogP contribution in [0.25, 0.3) is 10.9 Å². The summed E-state index contributed by atoms with van der Waals surface area (Å²) < 4.78 is 68.7. The summed E-state index contributed by atoms with van der Waals surface area (Å²) in [6.07, 6.45) is -6.41. The third-order valence-corrected chi connectivity index (χ3v) is 6.94. The van der Waals surface area contributed by atoms with Crippen molar-refractivity contribution in [3.8, 4) is 11.5 Å². The zero-order valence-electron chi connectivity index (χ0n) is 19.6. The molecule has 1 N–H and O–H groups in total. The van der Waals surface area contributed by atoms with Gasteiger partial charge in [-0.05, 0) is 18.2 Å². The Hall–Kier alpha value is -2.80. The average Bonchev–Trinajstić information content (AvgIpc) is 3.42. The van der Waals surface area contributed by atoms with Crippen LogP contribution in [0.4, 0.5) is 24.7 Å². The van der Waals surface area contributed by atoms with Crippen molar-refractivity contribution in [1.29, 1.82) is 0 Å². The number of nitrogens with zero attached hydrogens (tertiary/aromatic N) is 2. The lowest BCUT2D eigenvalue weighted by atomic mass is 9.95. The first-order valence-corrected chi connectivity index (χ1v) is 11.4. The van der Waals surface area contributed by atoms with Crippen LogP contribution in [0.15, 0.2) is 36.7 Å². The van der Waals surface area contributed by atoms with Gasteiger partial charge >= 0.3 is 6.18 Å². The molecular formula is C23H22BClF3N3O5. The maximum Gasteiger partial charge on any atom is 0.422 e. The molecule has 13 heteroatoms. The summed E-state index contributed by atoms with van der Waals surface area (Å²) >= 11 is 6.24. The van der Waals surface area contributed by atoms with Gasteiger partial charge in [-0.3, -0.25) is 0 Å². The van der Waals surface area contributed by atoms with Crippen molar-refractivity contribution < 1.29 is 36.9 Å². The molecule has 0 bridgehead atoms. The molecule has 2 aromatic carbocycles. The van der Waals surface area contributed by atoms with E-state index in [9.17, 15) is 13.2 Å². The molecule has 4 atom stereocenters. The Morgan fingerprint density at radius 2 is 1.94 bits per heavy atom. The van der Waals surface area contributed by atoms with Crippen molar-refractivity contribution in [1.82, 2.24) is 9.97 Å². The molecule has 0 saturated carbocycles. The zero-order chi connectivity index (χ0) is 25.7. The highest BCUT2D eigenvalue weighted by Gasteiger charge is 2.70. The molecule has 2 fully saturated rings. The fraction of sp³-hybridized carbons (Fsp3) is 0.391. The molecule has 2 unspecified atom stereocenters. The number of alkyl halides is 3. The molecule has 3 heterocycles. The van der Waals surface area contributed by atoms with Gasteiger partial charge in [0, 0.05) is 29.3 Å². The van der Waals surface area contributed by atoms with E-state index >= 15 is 0 Å². The predicted molar refractivity (Wildman–Crippen MR) is 129 cm³/mol. The second-order valence-electron chi connectivity index (χ2n) is 8.61. The van der Waals surface area contributed by atoms with Crippen LogP contribution in [0.1, 0.15) is 0 Å². The van der Waals surface area contributed by atoms with E-state index in [1.807, 2.05) is 20.0 Å². The number of rotatable bonds is 6. The molecule has 5 rings (SSSR count). The van der Waals surface area contributed by atoms with Gasteiger partial charge in [-0.25, -0.2) is 9.97 Å². The van der Waals surface area contributed by atoms with Gasteiger partial charge in [-0.1, -0.05) is 23.1 Å². The fourth-order valence-corrected chi connectivity index (χ4v) is 4.68. The number of ether oxygens (including phenoxy) is 5. The van der Waals surface area contributed by atoms with Gasteiger partial charge in [0.25, 0.3) is 0 Å². The van der Waals surface area contributed by atoms with Crippen LogP contribution in [0.2, 0.25) is 5.02 Å². The number of nitrogens with one attached hydrogen (secondary N) is 1. The summed E-state index contributed by atoms with van der Waals surface area (Å²) in [5, 5.41) is 4.48. The van der Waals surface area contributed by atoms with Crippen molar-refractivity contribution in [3.63, 3.8) is 0 Å². The molecule has 1 aromatic heterocycles. The second-order valence-corrected chi connectivity index (χ2v) is 9.02. The minimum Gasteiger partial charge on any atom is -0.493 e. The summed E-state index contributed by atoms with van der Waals surface area (Å²) in [5.41, 5.74) is -0.328. The molecule has 3 aromatic rings. The van der Waals surface area contributed by atoms with Crippen LogP contribution in [0.5, 0.6) is 11.5 Å². The summed E-state index contributed by atoms with van der Waals surface area (Å²) in [6.45, 7) is -0.787. The van der Waals surface area contributed by atoms with E-state index in [0.717, 1.165) is 18.3 Å². The van der Waals surface area contributed by atoms with Crippen molar-refractivity contribution in [2.75, 3.05) is 32.8 Å². The maximum absolute atomic E-state index is 13.8. The Bertz CT molecular complexity index is 1300. The van der Waals surface area contributed by atoms with Gasteiger partial charge < -0.3 is 29.0 Å². The van der Waals surface area contributed by atoms with Crippen LogP contribution in [0.3, 0.4) is 0 Å². The smallest absolute Gasteiger partial charge is 0.422 e. The molecule has 0 spiro atoms. The fourth-order valence-electron chi connectivity index (χ4n) is 4.50. The zero-order valence-corrected chi connectivity index (χ0v) is 20.3. The Morgan fingerprint density at radius 1 is 1.14 bits per heavy atom. The molecule has 8 nitrogen and oxygen atoms in total. The van der Waals surface area contributed by atoms with Crippen LogP contribution in [-0.2, 0) is 14.2 Å². The summed E-state index contributed by atoms with van der Waals surface area (Å²) in [5.74, 6) is 1.15. The lowest BCUT2D eigenvalue weighted by molar-refractivity contribution is -0.291. The summed E-state index contributed by atoms with van der Waals surface area (Å²) in [4.78, 5) is 8.65. The number of benzene rings is 2. The molecule has 190 valence electrons. The first-order valence-electron chi connectivity index (χ1n) is 11.0. The number of methoxy groups -OCH3 is 2. The van der Waals surface area contributed by atoms with E-state index in [0.29, 0.717) is 27.5 Å². The van der Waals surface area contributed by atoms with Crippen LogP contribution >= 0.6 is 11.6 Å². The minimum absolute atomic E-state index is 0.109. The molecule has 0 amide bonds. The molecule has 2 aliphatic rings. The van der Waals surface area contributed by atoms with Crippen LogP contribution in [-0.4, -0.2) is 75.3 Å². The first kappa shape index (κ1) is 24.9. The van der Waals surface area contributed by atoms with Crippen molar-refractivity contribution in [2.24, 2.45) is 0 Å². The minimum atomic E-state index is -4.67.